The van der Waals surface area contributed by atoms with Crippen LogP contribution in [0.4, 0.5) is 0 Å². The van der Waals surface area contributed by atoms with Gasteiger partial charge in [0.05, 0.1) is 10.7 Å². The molecule has 0 aliphatic rings. The van der Waals surface area contributed by atoms with E-state index in [0.717, 1.165) is 23.5 Å². The molecule has 1 aromatic heterocycles. The van der Waals surface area contributed by atoms with Gasteiger partial charge in [0, 0.05) is 17.8 Å². The van der Waals surface area contributed by atoms with Gasteiger partial charge in [-0.15, -0.1) is 11.3 Å². The third kappa shape index (κ3) is 3.14. The Morgan fingerprint density at radius 2 is 2.24 bits per heavy atom. The zero-order chi connectivity index (χ0) is 12.3. The maximum atomic E-state index is 6.22. The average Bonchev–Trinajstić information content (AvgIpc) is 2.75. The summed E-state index contributed by atoms with van der Waals surface area (Å²) >= 11 is 1.68. The van der Waals surface area contributed by atoms with Gasteiger partial charge in [0.15, 0.2) is 0 Å². The molecule has 1 atom stereocenters. The molecule has 90 valence electrons. The molecule has 0 saturated carbocycles. The van der Waals surface area contributed by atoms with Crippen LogP contribution >= 0.6 is 11.3 Å². The number of aryl methyl sites for hydroxylation is 2. The Labute approximate surface area is 107 Å². The highest BCUT2D eigenvalue weighted by atomic mass is 32.1. The molecule has 2 aromatic rings. The highest BCUT2D eigenvalue weighted by molar-refractivity contribution is 7.09. The van der Waals surface area contributed by atoms with Gasteiger partial charge in [-0.25, -0.2) is 4.98 Å². The van der Waals surface area contributed by atoms with Crippen LogP contribution in [-0.4, -0.2) is 4.98 Å². The Morgan fingerprint density at radius 3 is 2.88 bits per heavy atom. The van der Waals surface area contributed by atoms with Crippen molar-refractivity contribution in [3.05, 3.63) is 51.5 Å². The predicted molar refractivity (Wildman–Crippen MR) is 73.3 cm³/mol. The maximum Gasteiger partial charge on any atom is 0.0897 e. The molecule has 0 aliphatic carbocycles. The van der Waals surface area contributed by atoms with Gasteiger partial charge < -0.3 is 5.73 Å². The summed E-state index contributed by atoms with van der Waals surface area (Å²) in [4.78, 5) is 4.46. The maximum absolute atomic E-state index is 6.22. The molecule has 0 saturated heterocycles. The van der Waals surface area contributed by atoms with Crippen molar-refractivity contribution >= 4 is 11.3 Å². The van der Waals surface area contributed by atoms with Gasteiger partial charge in [-0.2, -0.15) is 0 Å². The van der Waals surface area contributed by atoms with Crippen molar-refractivity contribution in [3.8, 4) is 0 Å². The molecule has 2 nitrogen and oxygen atoms in total. The molecule has 2 rings (SSSR count). The van der Waals surface area contributed by atoms with Crippen LogP contribution in [0.25, 0.3) is 0 Å². The van der Waals surface area contributed by atoms with E-state index >= 15 is 0 Å². The van der Waals surface area contributed by atoms with Crippen molar-refractivity contribution in [3.63, 3.8) is 0 Å². The fraction of sp³-hybridized carbons (Fsp3) is 0.357. The number of benzene rings is 1. The fourth-order valence-electron chi connectivity index (χ4n) is 1.89. The van der Waals surface area contributed by atoms with Crippen LogP contribution in [0.3, 0.4) is 0 Å². The topological polar surface area (TPSA) is 38.9 Å². The van der Waals surface area contributed by atoms with Crippen LogP contribution in [0.1, 0.15) is 34.8 Å². The monoisotopic (exact) mass is 246 g/mol. The second-order valence-corrected chi connectivity index (χ2v) is 5.33. The van der Waals surface area contributed by atoms with Crippen LogP contribution in [-0.2, 0) is 12.8 Å². The molecular formula is C14H18N2S. The molecule has 0 aliphatic heterocycles. The van der Waals surface area contributed by atoms with E-state index in [1.165, 1.54) is 11.1 Å². The van der Waals surface area contributed by atoms with Crippen LogP contribution in [0.5, 0.6) is 0 Å². The minimum atomic E-state index is 0.0444. The molecule has 0 fully saturated rings. The first kappa shape index (κ1) is 12.3. The second kappa shape index (κ2) is 5.43. The molecule has 0 amide bonds. The first-order valence-corrected chi connectivity index (χ1v) is 6.82. The van der Waals surface area contributed by atoms with Gasteiger partial charge in [-0.05, 0) is 24.5 Å². The molecule has 0 radical (unpaired) electrons. The van der Waals surface area contributed by atoms with E-state index in [-0.39, 0.29) is 6.04 Å². The predicted octanol–water partition coefficient (Wildman–Crippen LogP) is 3.26. The fourth-order valence-corrected chi connectivity index (χ4v) is 2.51. The summed E-state index contributed by atoms with van der Waals surface area (Å²) < 4.78 is 0. The standard InChI is InChI=1S/C14H18N2S/c1-3-11-5-4-6-12(7-11)14(15)8-13-9-17-10(2)16-13/h4-7,9,14H,3,8,15H2,1-2H3. The molecule has 17 heavy (non-hydrogen) atoms. The lowest BCUT2D eigenvalue weighted by Crippen LogP contribution is -2.13. The van der Waals surface area contributed by atoms with Gasteiger partial charge in [0.25, 0.3) is 0 Å². The molecule has 2 N–H and O–H groups in total. The molecule has 1 unspecified atom stereocenters. The molecule has 1 heterocycles. The Bertz CT molecular complexity index is 490. The number of rotatable bonds is 4. The molecule has 1 aromatic carbocycles. The number of aromatic nitrogens is 1. The Hall–Kier alpha value is -1.19. The van der Waals surface area contributed by atoms with E-state index in [1.807, 2.05) is 6.92 Å². The van der Waals surface area contributed by atoms with Crippen molar-refractivity contribution in [2.75, 3.05) is 0 Å². The highest BCUT2D eigenvalue weighted by Gasteiger charge is 2.09. The number of nitrogens with zero attached hydrogens (tertiary/aromatic N) is 1. The van der Waals surface area contributed by atoms with Gasteiger partial charge in [-0.3, -0.25) is 0 Å². The number of hydrogen-bond acceptors (Lipinski definition) is 3. The van der Waals surface area contributed by atoms with Crippen molar-refractivity contribution < 1.29 is 0 Å². The lowest BCUT2D eigenvalue weighted by atomic mass is 10.0. The van der Waals surface area contributed by atoms with Crippen molar-refractivity contribution in [1.82, 2.24) is 4.98 Å². The minimum absolute atomic E-state index is 0.0444. The SMILES string of the molecule is CCc1cccc(C(N)Cc2csc(C)n2)c1. The van der Waals surface area contributed by atoms with Gasteiger partial charge in [0.1, 0.15) is 0 Å². The molecule has 3 heteroatoms. The minimum Gasteiger partial charge on any atom is -0.324 e. The zero-order valence-electron chi connectivity index (χ0n) is 10.3. The quantitative estimate of drug-likeness (QED) is 0.899. The van der Waals surface area contributed by atoms with Gasteiger partial charge in [-0.1, -0.05) is 31.2 Å². The van der Waals surface area contributed by atoms with E-state index in [4.69, 9.17) is 5.73 Å². The first-order valence-electron chi connectivity index (χ1n) is 5.94. The smallest absolute Gasteiger partial charge is 0.0897 e. The van der Waals surface area contributed by atoms with Crippen LogP contribution < -0.4 is 5.73 Å². The normalized spacial score (nSPS) is 12.6. The van der Waals surface area contributed by atoms with Crippen LogP contribution in [0.15, 0.2) is 29.6 Å². The van der Waals surface area contributed by atoms with Crippen LogP contribution in [0, 0.1) is 6.92 Å². The molecular weight excluding hydrogens is 228 g/mol. The Morgan fingerprint density at radius 1 is 1.41 bits per heavy atom. The third-order valence-corrected chi connectivity index (χ3v) is 3.71. The number of hydrogen-bond donors (Lipinski definition) is 1. The Kier molecular flexibility index (Phi) is 3.92. The number of thiazole rings is 1. The van der Waals surface area contributed by atoms with E-state index < -0.39 is 0 Å². The van der Waals surface area contributed by atoms with Crippen LogP contribution in [0.2, 0.25) is 0 Å². The van der Waals surface area contributed by atoms with E-state index in [0.29, 0.717) is 0 Å². The van der Waals surface area contributed by atoms with Crippen molar-refractivity contribution in [1.29, 1.82) is 0 Å². The van der Waals surface area contributed by atoms with E-state index in [9.17, 15) is 0 Å². The first-order chi connectivity index (χ1) is 8.19. The largest absolute Gasteiger partial charge is 0.324 e. The van der Waals surface area contributed by atoms with E-state index in [1.54, 1.807) is 11.3 Å². The number of nitrogens with two attached hydrogens (primary N) is 1. The molecule has 0 spiro atoms. The highest BCUT2D eigenvalue weighted by Crippen LogP contribution is 2.18. The van der Waals surface area contributed by atoms with Crippen molar-refractivity contribution in [2.45, 2.75) is 32.7 Å². The summed E-state index contributed by atoms with van der Waals surface area (Å²) in [6.07, 6.45) is 1.87. The summed E-state index contributed by atoms with van der Waals surface area (Å²) in [5.74, 6) is 0. The van der Waals surface area contributed by atoms with Gasteiger partial charge >= 0.3 is 0 Å². The van der Waals surface area contributed by atoms with Gasteiger partial charge in [0.2, 0.25) is 0 Å². The lowest BCUT2D eigenvalue weighted by Gasteiger charge is -2.11. The summed E-state index contributed by atoms with van der Waals surface area (Å²) in [5.41, 5.74) is 9.87. The second-order valence-electron chi connectivity index (χ2n) is 4.27. The zero-order valence-corrected chi connectivity index (χ0v) is 11.1. The molecule has 0 bridgehead atoms. The Balaban J connectivity index is 2.11. The third-order valence-electron chi connectivity index (χ3n) is 2.88. The summed E-state index contributed by atoms with van der Waals surface area (Å²) in [7, 11) is 0. The average molecular weight is 246 g/mol. The van der Waals surface area contributed by atoms with Crippen molar-refractivity contribution in [2.24, 2.45) is 5.73 Å². The summed E-state index contributed by atoms with van der Waals surface area (Å²) in [6.45, 7) is 4.19. The lowest BCUT2D eigenvalue weighted by molar-refractivity contribution is 0.707. The summed E-state index contributed by atoms with van der Waals surface area (Å²) in [5, 5.41) is 3.20. The summed E-state index contributed by atoms with van der Waals surface area (Å²) in [6, 6.07) is 8.57. The van der Waals surface area contributed by atoms with E-state index in [2.05, 4.69) is 41.6 Å².